The molecule has 0 aromatic heterocycles. The molecule has 0 heterocycles. The standard InChI is InChI=1S/C15H18O6/c1-9(2)14(17)19-11(4)20-15(18)21-13-7-5-6-12(8-13)10(3)16/h5-9,11H,1-4H3. The highest BCUT2D eigenvalue weighted by Gasteiger charge is 2.18. The summed E-state index contributed by atoms with van der Waals surface area (Å²) in [5, 5.41) is 0. The second-order valence-corrected chi connectivity index (χ2v) is 4.71. The summed E-state index contributed by atoms with van der Waals surface area (Å²) in [5.74, 6) is -0.767. The Hall–Kier alpha value is -2.37. The summed E-state index contributed by atoms with van der Waals surface area (Å²) in [6, 6.07) is 6.13. The van der Waals surface area contributed by atoms with Gasteiger partial charge in [0.15, 0.2) is 5.78 Å². The SMILES string of the molecule is CC(=O)c1cccc(OC(=O)OC(C)OC(=O)C(C)C)c1. The molecule has 1 unspecified atom stereocenters. The third-order valence-corrected chi connectivity index (χ3v) is 2.46. The smallest absolute Gasteiger partial charge is 0.425 e. The highest BCUT2D eigenvalue weighted by atomic mass is 16.8. The summed E-state index contributed by atoms with van der Waals surface area (Å²) in [5.41, 5.74) is 0.416. The second kappa shape index (κ2) is 7.42. The van der Waals surface area contributed by atoms with E-state index in [2.05, 4.69) is 0 Å². The lowest BCUT2D eigenvalue weighted by Crippen LogP contribution is -2.25. The average Bonchev–Trinajstić information content (AvgIpc) is 2.38. The van der Waals surface area contributed by atoms with Crippen LogP contribution >= 0.6 is 0 Å². The molecule has 21 heavy (non-hydrogen) atoms. The summed E-state index contributed by atoms with van der Waals surface area (Å²) in [6.07, 6.45) is -2.07. The van der Waals surface area contributed by atoms with Crippen LogP contribution in [0.1, 0.15) is 38.1 Å². The summed E-state index contributed by atoms with van der Waals surface area (Å²) in [7, 11) is 0. The van der Waals surface area contributed by atoms with Crippen molar-refractivity contribution in [2.24, 2.45) is 5.92 Å². The van der Waals surface area contributed by atoms with E-state index < -0.39 is 18.4 Å². The van der Waals surface area contributed by atoms with Crippen molar-refractivity contribution in [1.82, 2.24) is 0 Å². The zero-order chi connectivity index (χ0) is 16.0. The highest BCUT2D eigenvalue weighted by Crippen LogP contribution is 2.15. The maximum absolute atomic E-state index is 11.5. The molecule has 0 bridgehead atoms. The molecule has 0 spiro atoms. The van der Waals surface area contributed by atoms with Gasteiger partial charge in [0, 0.05) is 12.5 Å². The van der Waals surface area contributed by atoms with Crippen molar-refractivity contribution >= 4 is 17.9 Å². The number of rotatable bonds is 5. The van der Waals surface area contributed by atoms with Crippen molar-refractivity contribution in [3.63, 3.8) is 0 Å². The summed E-state index contributed by atoms with van der Waals surface area (Å²) < 4.78 is 14.6. The van der Waals surface area contributed by atoms with Gasteiger partial charge in [0.25, 0.3) is 0 Å². The van der Waals surface area contributed by atoms with E-state index in [1.807, 2.05) is 0 Å². The summed E-state index contributed by atoms with van der Waals surface area (Å²) in [4.78, 5) is 34.1. The van der Waals surface area contributed by atoms with E-state index in [1.54, 1.807) is 26.0 Å². The number of esters is 1. The Balaban J connectivity index is 2.55. The van der Waals surface area contributed by atoms with Crippen molar-refractivity contribution in [3.05, 3.63) is 29.8 Å². The minimum atomic E-state index is -1.05. The number of carbonyl (C=O) groups is 3. The molecule has 6 nitrogen and oxygen atoms in total. The van der Waals surface area contributed by atoms with Gasteiger partial charge in [-0.25, -0.2) is 4.79 Å². The lowest BCUT2D eigenvalue weighted by molar-refractivity contribution is -0.170. The monoisotopic (exact) mass is 294 g/mol. The van der Waals surface area contributed by atoms with Gasteiger partial charge in [-0.3, -0.25) is 9.59 Å². The number of hydrogen-bond donors (Lipinski definition) is 0. The zero-order valence-corrected chi connectivity index (χ0v) is 12.4. The van der Waals surface area contributed by atoms with Gasteiger partial charge in [-0.15, -0.1) is 0 Å². The molecule has 1 aromatic rings. The first-order valence-corrected chi connectivity index (χ1v) is 6.49. The first-order chi connectivity index (χ1) is 9.79. The van der Waals surface area contributed by atoms with Gasteiger partial charge in [-0.2, -0.15) is 0 Å². The molecule has 0 saturated heterocycles. The van der Waals surface area contributed by atoms with Gasteiger partial charge in [0.2, 0.25) is 6.29 Å². The van der Waals surface area contributed by atoms with Crippen LogP contribution < -0.4 is 4.74 Å². The predicted octanol–water partition coefficient (Wildman–Crippen LogP) is 2.95. The molecule has 6 heteroatoms. The molecule has 0 fully saturated rings. The third kappa shape index (κ3) is 5.64. The van der Waals surface area contributed by atoms with E-state index in [9.17, 15) is 14.4 Å². The van der Waals surface area contributed by atoms with Crippen LogP contribution in [0.2, 0.25) is 0 Å². The van der Waals surface area contributed by atoms with Crippen LogP contribution in [-0.2, 0) is 14.3 Å². The number of benzene rings is 1. The third-order valence-electron chi connectivity index (χ3n) is 2.46. The minimum absolute atomic E-state index is 0.145. The fourth-order valence-corrected chi connectivity index (χ4v) is 1.36. The Morgan fingerprint density at radius 2 is 1.71 bits per heavy atom. The number of hydrogen-bond acceptors (Lipinski definition) is 6. The van der Waals surface area contributed by atoms with Crippen LogP contribution in [0.4, 0.5) is 4.79 Å². The van der Waals surface area contributed by atoms with Crippen LogP contribution in [0, 0.1) is 5.92 Å². The average molecular weight is 294 g/mol. The van der Waals surface area contributed by atoms with Crippen LogP contribution in [0.15, 0.2) is 24.3 Å². The van der Waals surface area contributed by atoms with E-state index in [-0.39, 0.29) is 17.5 Å². The maximum atomic E-state index is 11.5. The van der Waals surface area contributed by atoms with Crippen molar-refractivity contribution in [2.75, 3.05) is 0 Å². The molecule has 0 N–H and O–H groups in total. The summed E-state index contributed by atoms with van der Waals surface area (Å²) >= 11 is 0. The largest absolute Gasteiger partial charge is 0.516 e. The lowest BCUT2D eigenvalue weighted by atomic mass is 10.1. The van der Waals surface area contributed by atoms with Crippen LogP contribution in [0.5, 0.6) is 5.75 Å². The van der Waals surface area contributed by atoms with Crippen molar-refractivity contribution in [2.45, 2.75) is 34.0 Å². The fourth-order valence-electron chi connectivity index (χ4n) is 1.36. The second-order valence-electron chi connectivity index (χ2n) is 4.71. The highest BCUT2D eigenvalue weighted by molar-refractivity contribution is 5.94. The Kier molecular flexibility index (Phi) is 5.90. The quantitative estimate of drug-likeness (QED) is 0.359. The van der Waals surface area contributed by atoms with Crippen LogP contribution in [0.25, 0.3) is 0 Å². The molecule has 1 rings (SSSR count). The Bertz CT molecular complexity index is 535. The van der Waals surface area contributed by atoms with Crippen molar-refractivity contribution < 1.29 is 28.6 Å². The molecule has 0 aliphatic carbocycles. The molecule has 0 saturated carbocycles. The van der Waals surface area contributed by atoms with Crippen LogP contribution in [0.3, 0.4) is 0 Å². The Morgan fingerprint density at radius 1 is 1.05 bits per heavy atom. The first-order valence-electron chi connectivity index (χ1n) is 6.49. The lowest BCUT2D eigenvalue weighted by Gasteiger charge is -2.15. The fraction of sp³-hybridized carbons (Fsp3) is 0.400. The zero-order valence-electron chi connectivity index (χ0n) is 12.4. The topological polar surface area (TPSA) is 78.9 Å². The van der Waals surface area contributed by atoms with E-state index in [0.717, 1.165) is 0 Å². The molecule has 0 aliphatic rings. The molecule has 0 aliphatic heterocycles. The Labute approximate surface area is 123 Å². The van der Waals surface area contributed by atoms with Gasteiger partial charge in [0.1, 0.15) is 5.75 Å². The first kappa shape index (κ1) is 16.7. The molecule has 1 atom stereocenters. The van der Waals surface area contributed by atoms with E-state index in [0.29, 0.717) is 5.56 Å². The van der Waals surface area contributed by atoms with E-state index in [1.165, 1.54) is 26.0 Å². The number of Topliss-reactive ketones (excluding diaryl/α,β-unsaturated/α-hetero) is 1. The number of carbonyl (C=O) groups excluding carboxylic acids is 3. The molecule has 0 radical (unpaired) electrons. The number of ether oxygens (including phenoxy) is 3. The normalized spacial score (nSPS) is 11.7. The molecule has 0 amide bonds. The summed E-state index contributed by atoms with van der Waals surface area (Å²) in [6.45, 7) is 6.15. The van der Waals surface area contributed by atoms with Gasteiger partial charge in [0.05, 0.1) is 5.92 Å². The minimum Gasteiger partial charge on any atom is -0.425 e. The van der Waals surface area contributed by atoms with Crippen LogP contribution in [-0.4, -0.2) is 24.2 Å². The molecule has 1 aromatic carbocycles. The number of ketones is 1. The molecule has 114 valence electrons. The van der Waals surface area contributed by atoms with Gasteiger partial charge in [-0.1, -0.05) is 26.0 Å². The van der Waals surface area contributed by atoms with Gasteiger partial charge >= 0.3 is 12.1 Å². The maximum Gasteiger partial charge on any atom is 0.516 e. The molecular formula is C15H18O6. The van der Waals surface area contributed by atoms with Gasteiger partial charge < -0.3 is 14.2 Å². The van der Waals surface area contributed by atoms with Crippen molar-refractivity contribution in [3.8, 4) is 5.75 Å². The van der Waals surface area contributed by atoms with E-state index >= 15 is 0 Å². The molecular weight excluding hydrogens is 276 g/mol. The predicted molar refractivity (Wildman–Crippen MR) is 73.9 cm³/mol. The van der Waals surface area contributed by atoms with Crippen molar-refractivity contribution in [1.29, 1.82) is 0 Å². The van der Waals surface area contributed by atoms with E-state index in [4.69, 9.17) is 14.2 Å². The van der Waals surface area contributed by atoms with Gasteiger partial charge in [-0.05, 0) is 19.1 Å². The Morgan fingerprint density at radius 3 is 2.29 bits per heavy atom.